The minimum absolute atomic E-state index is 0.0218. The third kappa shape index (κ3) is 8.07. The monoisotopic (exact) mass is 873 g/mol. The zero-order valence-corrected chi connectivity index (χ0v) is 36.4. The molecule has 0 saturated carbocycles. The molecule has 17 heteroatoms. The van der Waals surface area contributed by atoms with Gasteiger partial charge < -0.3 is 35.2 Å². The van der Waals surface area contributed by atoms with Gasteiger partial charge in [-0.2, -0.15) is 0 Å². The molecule has 15 nitrogen and oxygen atoms in total. The van der Waals surface area contributed by atoms with E-state index in [9.17, 15) is 14.7 Å². The van der Waals surface area contributed by atoms with Gasteiger partial charge in [-0.15, -0.1) is 22.7 Å². The Bertz CT molecular complexity index is 2770. The van der Waals surface area contributed by atoms with Crippen molar-refractivity contribution >= 4 is 90.4 Å². The van der Waals surface area contributed by atoms with Crippen molar-refractivity contribution in [2.45, 2.75) is 65.5 Å². The lowest BCUT2D eigenvalue weighted by atomic mass is 9.87. The summed E-state index contributed by atoms with van der Waals surface area (Å²) >= 11 is 3.21. The summed E-state index contributed by atoms with van der Waals surface area (Å²) in [6, 6.07) is 8.20. The lowest BCUT2D eigenvalue weighted by Gasteiger charge is -2.26. The Labute approximate surface area is 366 Å². The number of ether oxygens (including phenoxy) is 2. The Kier molecular flexibility index (Phi) is 11.8. The van der Waals surface area contributed by atoms with Crippen LogP contribution in [0, 0.1) is 11.8 Å². The molecule has 2 unspecified atom stereocenters. The fourth-order valence-corrected chi connectivity index (χ4v) is 11.2. The van der Waals surface area contributed by atoms with Gasteiger partial charge in [0.1, 0.15) is 45.5 Å². The minimum atomic E-state index is -0.723. The minimum Gasteiger partial charge on any atom is -0.492 e. The van der Waals surface area contributed by atoms with Gasteiger partial charge in [-0.1, -0.05) is 0 Å². The summed E-state index contributed by atoms with van der Waals surface area (Å²) in [5, 5.41) is 27.5. The highest BCUT2D eigenvalue weighted by molar-refractivity contribution is 7.19. The van der Waals surface area contributed by atoms with E-state index in [1.807, 2.05) is 38.4 Å². The number of fused-ring (bicyclic) bond motifs is 8. The van der Waals surface area contributed by atoms with Gasteiger partial charge >= 0.3 is 5.97 Å². The number of thiophene rings is 2. The molecule has 4 aliphatic rings. The molecule has 2 atom stereocenters. The molecular formula is C45H47N9O6S2. The highest BCUT2D eigenvalue weighted by atomic mass is 32.1. The number of anilines is 4. The fourth-order valence-electron chi connectivity index (χ4n) is 8.68. The van der Waals surface area contributed by atoms with E-state index in [0.29, 0.717) is 52.1 Å². The molecule has 2 aliphatic heterocycles. The number of rotatable bonds is 12. The Balaban J connectivity index is 0.000000159. The second-order valence-electron chi connectivity index (χ2n) is 15.7. The molecule has 4 N–H and O–H groups in total. The number of hydrogen-bond donors (Lipinski definition) is 4. The van der Waals surface area contributed by atoms with Gasteiger partial charge in [0.05, 0.1) is 61.0 Å². The second kappa shape index (κ2) is 17.7. The highest BCUT2D eigenvalue weighted by Gasteiger charge is 2.32. The number of benzene rings is 2. The van der Waals surface area contributed by atoms with Crippen LogP contribution in [-0.4, -0.2) is 92.8 Å². The number of aliphatic hydroxyl groups is 1. The maximum atomic E-state index is 12.8. The van der Waals surface area contributed by atoms with Gasteiger partial charge in [0.15, 0.2) is 0 Å². The van der Waals surface area contributed by atoms with Crippen LogP contribution < -0.4 is 20.1 Å². The number of aliphatic carboxylic acids is 1. The number of carbonyl (C=O) groups is 2. The standard InChI is InChI=1S/C24H27N5O3S.C21H20N4O3S/c1-3-32-19-9-16-12-25-11-15(16)8-18(19)28-22-21-17-5-4-14(24(31)29(2)6-7-30)10-20(17)33-23(21)27-13-26-22;1-2-28-16-6-13-9-22-8-12(13)5-15(16)25-19-18-14-4-3-11(21(26)27)7-17(14)29-20(18)24-10-23-19/h8-9,11,13-14,30H,3-7,10,12H2,1-2H3,(H,26,27,28);5-6,8,10-11H,2-4,7,9H2,1H3,(H,26,27)(H,23,24,25). The molecule has 6 aromatic rings. The first-order valence-electron chi connectivity index (χ1n) is 20.9. The maximum Gasteiger partial charge on any atom is 0.306 e. The van der Waals surface area contributed by atoms with E-state index in [1.165, 1.54) is 16.0 Å². The first-order valence-corrected chi connectivity index (χ1v) is 22.6. The molecule has 10 rings (SSSR count). The Hall–Kier alpha value is -6.04. The molecule has 4 aromatic heterocycles. The van der Waals surface area contributed by atoms with Crippen molar-refractivity contribution in [3.8, 4) is 11.5 Å². The first kappa shape index (κ1) is 41.3. The smallest absolute Gasteiger partial charge is 0.306 e. The van der Waals surface area contributed by atoms with Gasteiger partial charge in [-0.3, -0.25) is 19.6 Å². The van der Waals surface area contributed by atoms with E-state index < -0.39 is 5.97 Å². The molecule has 6 heterocycles. The van der Waals surface area contributed by atoms with E-state index in [-0.39, 0.29) is 24.3 Å². The SMILES string of the molecule is CCOc1cc2c(cc1Nc1ncnc3sc4c(c13)CCC(C(=O)N(C)CCO)C4)C=NC2.CCOc1cc2c(cc1Nc1ncnc3sc4c(c13)CCC(C(=O)O)C4)C=NC2. The maximum absolute atomic E-state index is 12.8. The quantitative estimate of drug-likeness (QED) is 0.0961. The first-order chi connectivity index (χ1) is 30.2. The van der Waals surface area contributed by atoms with Crippen LogP contribution in [0.5, 0.6) is 11.5 Å². The number of nitrogens with zero attached hydrogens (tertiary/aromatic N) is 7. The Morgan fingerprint density at radius 1 is 0.758 bits per heavy atom. The molecule has 2 aromatic carbocycles. The molecule has 62 heavy (non-hydrogen) atoms. The number of likely N-dealkylation sites (N-methyl/N-ethyl adjacent to an activating group) is 1. The second-order valence-corrected chi connectivity index (χ2v) is 17.8. The number of aryl methyl sites for hydroxylation is 2. The van der Waals surface area contributed by atoms with E-state index in [1.54, 1.807) is 47.3 Å². The molecule has 1 amide bonds. The lowest BCUT2D eigenvalue weighted by molar-refractivity contribution is -0.142. The summed E-state index contributed by atoms with van der Waals surface area (Å²) in [6.45, 7) is 6.77. The third-order valence-electron chi connectivity index (χ3n) is 11.8. The van der Waals surface area contributed by atoms with Crippen molar-refractivity contribution in [2.75, 3.05) is 44.0 Å². The topological polar surface area (TPSA) is 197 Å². The summed E-state index contributed by atoms with van der Waals surface area (Å²) < 4.78 is 11.8. The molecule has 0 fully saturated rings. The summed E-state index contributed by atoms with van der Waals surface area (Å²) in [4.78, 5) is 56.7. The van der Waals surface area contributed by atoms with Crippen LogP contribution in [-0.2, 0) is 48.4 Å². The van der Waals surface area contributed by atoms with Gasteiger partial charge in [0, 0.05) is 41.7 Å². The number of nitrogens with one attached hydrogen (secondary N) is 2. The van der Waals surface area contributed by atoms with Gasteiger partial charge in [-0.25, -0.2) is 19.9 Å². The van der Waals surface area contributed by atoms with Crippen LogP contribution in [0.3, 0.4) is 0 Å². The molecule has 0 spiro atoms. The number of carbonyl (C=O) groups excluding carboxylic acids is 1. The summed E-state index contributed by atoms with van der Waals surface area (Å²) in [7, 11) is 1.75. The number of hydrogen-bond acceptors (Lipinski definition) is 15. The molecule has 0 bridgehead atoms. The molecular weight excluding hydrogens is 827 g/mol. The Morgan fingerprint density at radius 2 is 1.26 bits per heavy atom. The fraction of sp³-hybridized carbons (Fsp3) is 0.378. The summed E-state index contributed by atoms with van der Waals surface area (Å²) in [6.07, 6.45) is 11.1. The zero-order valence-electron chi connectivity index (χ0n) is 34.7. The third-order valence-corrected chi connectivity index (χ3v) is 14.1. The van der Waals surface area contributed by atoms with Crippen LogP contribution in [0.2, 0.25) is 0 Å². The molecule has 0 radical (unpaired) electrons. The number of aliphatic imine (C=N–C) groups is 2. The van der Waals surface area contributed by atoms with Crippen LogP contribution in [0.1, 0.15) is 69.8 Å². The number of carboxylic acid groups (broad SMARTS) is 1. The van der Waals surface area contributed by atoms with Crippen molar-refractivity contribution in [3.05, 3.63) is 80.1 Å². The van der Waals surface area contributed by atoms with Crippen molar-refractivity contribution in [1.29, 1.82) is 0 Å². The average Bonchev–Trinajstić information content (AvgIpc) is 4.08. The van der Waals surface area contributed by atoms with Crippen molar-refractivity contribution in [3.63, 3.8) is 0 Å². The lowest BCUT2D eigenvalue weighted by Crippen LogP contribution is -2.37. The van der Waals surface area contributed by atoms with Gasteiger partial charge in [0.2, 0.25) is 5.91 Å². The van der Waals surface area contributed by atoms with E-state index >= 15 is 0 Å². The van der Waals surface area contributed by atoms with Crippen LogP contribution in [0.25, 0.3) is 20.4 Å². The van der Waals surface area contributed by atoms with Gasteiger partial charge in [-0.05, 0) is 110 Å². The van der Waals surface area contributed by atoms with Crippen LogP contribution in [0.4, 0.5) is 23.0 Å². The van der Waals surface area contributed by atoms with Crippen LogP contribution in [0.15, 0.2) is 46.9 Å². The summed E-state index contributed by atoms with van der Waals surface area (Å²) in [5.74, 6) is 2.05. The number of amides is 1. The average molecular weight is 874 g/mol. The van der Waals surface area contributed by atoms with Crippen molar-refractivity contribution < 1.29 is 29.3 Å². The molecule has 2 aliphatic carbocycles. The van der Waals surface area contributed by atoms with E-state index in [4.69, 9.17) is 14.6 Å². The van der Waals surface area contributed by atoms with Crippen molar-refractivity contribution in [2.24, 2.45) is 21.8 Å². The number of carboxylic acids is 1. The number of aliphatic hydroxyl groups excluding tert-OH is 1. The summed E-state index contributed by atoms with van der Waals surface area (Å²) in [5.41, 5.74) is 8.59. The number of aromatic nitrogens is 4. The highest BCUT2D eigenvalue weighted by Crippen LogP contribution is 2.44. The molecule has 320 valence electrons. The van der Waals surface area contributed by atoms with Crippen LogP contribution >= 0.6 is 22.7 Å². The largest absolute Gasteiger partial charge is 0.492 e. The Morgan fingerprint density at radius 3 is 1.74 bits per heavy atom. The van der Waals surface area contributed by atoms with Gasteiger partial charge in [0.25, 0.3) is 0 Å². The van der Waals surface area contributed by atoms with Crippen molar-refractivity contribution in [1.82, 2.24) is 24.8 Å². The van der Waals surface area contributed by atoms with E-state index in [2.05, 4.69) is 52.7 Å². The predicted molar refractivity (Wildman–Crippen MR) is 243 cm³/mol. The zero-order chi connectivity index (χ0) is 42.9. The van der Waals surface area contributed by atoms with E-state index in [0.717, 1.165) is 101 Å². The molecule has 0 saturated heterocycles. The predicted octanol–water partition coefficient (Wildman–Crippen LogP) is 7.28. The normalized spacial score (nSPS) is 16.8.